The molecule has 1 aromatic heterocycles. The lowest BCUT2D eigenvalue weighted by molar-refractivity contribution is 0.318. The molecule has 0 aliphatic carbocycles. The minimum Gasteiger partial charge on any atom is -0.409 e. The van der Waals surface area contributed by atoms with E-state index in [1.54, 1.807) is 6.07 Å². The maximum Gasteiger partial charge on any atom is 0.219 e. The summed E-state index contributed by atoms with van der Waals surface area (Å²) in [6, 6.07) is 4.37. The highest BCUT2D eigenvalue weighted by Crippen LogP contribution is 2.16. The molecule has 1 heterocycles. The number of halogens is 2. The summed E-state index contributed by atoms with van der Waals surface area (Å²) < 4.78 is 14.4. The summed E-state index contributed by atoms with van der Waals surface area (Å²) in [4.78, 5) is 3.85. The maximum absolute atomic E-state index is 13.0. The zero-order valence-corrected chi connectivity index (χ0v) is 9.84. The van der Waals surface area contributed by atoms with Crippen molar-refractivity contribution in [2.75, 3.05) is 0 Å². The van der Waals surface area contributed by atoms with Crippen LogP contribution >= 0.6 is 11.6 Å². The first-order chi connectivity index (χ1) is 8.60. The van der Waals surface area contributed by atoms with Gasteiger partial charge in [0.1, 0.15) is 12.1 Å². The van der Waals surface area contributed by atoms with Gasteiger partial charge in [0.15, 0.2) is 0 Å². The van der Waals surface area contributed by atoms with Crippen molar-refractivity contribution >= 4 is 17.4 Å². The Balaban J connectivity index is 2.18. The van der Waals surface area contributed by atoms with E-state index in [-0.39, 0.29) is 16.7 Å². The summed E-state index contributed by atoms with van der Waals surface area (Å²) in [6.45, 7) is 0.353. The SMILES string of the molecule is N/C(=N/O)c1ncn(Cc2ccc(F)c(Cl)c2)n1. The van der Waals surface area contributed by atoms with Crippen molar-refractivity contribution in [2.24, 2.45) is 10.9 Å². The number of oxime groups is 1. The van der Waals surface area contributed by atoms with E-state index in [0.717, 1.165) is 5.56 Å². The molecule has 1 aromatic carbocycles. The molecule has 2 rings (SSSR count). The maximum atomic E-state index is 13.0. The molecular formula is C10H9ClFN5O. The van der Waals surface area contributed by atoms with Gasteiger partial charge in [0.2, 0.25) is 11.7 Å². The fraction of sp³-hybridized carbons (Fsp3) is 0.100. The number of nitrogens with zero attached hydrogens (tertiary/aromatic N) is 4. The van der Waals surface area contributed by atoms with Crippen LogP contribution in [0.3, 0.4) is 0 Å². The zero-order chi connectivity index (χ0) is 13.1. The average molecular weight is 270 g/mol. The van der Waals surface area contributed by atoms with E-state index >= 15 is 0 Å². The highest BCUT2D eigenvalue weighted by atomic mass is 35.5. The first kappa shape index (κ1) is 12.3. The third kappa shape index (κ3) is 2.57. The molecule has 8 heteroatoms. The van der Waals surface area contributed by atoms with Crippen LogP contribution in [0.1, 0.15) is 11.4 Å². The molecule has 0 aliphatic rings. The molecule has 0 aliphatic heterocycles. The molecule has 2 aromatic rings. The van der Waals surface area contributed by atoms with E-state index < -0.39 is 5.82 Å². The van der Waals surface area contributed by atoms with E-state index in [1.165, 1.54) is 23.1 Å². The van der Waals surface area contributed by atoms with Gasteiger partial charge in [0.05, 0.1) is 11.6 Å². The van der Waals surface area contributed by atoms with Gasteiger partial charge in [0, 0.05) is 0 Å². The van der Waals surface area contributed by atoms with Crippen LogP contribution in [-0.2, 0) is 6.54 Å². The molecule has 0 spiro atoms. The highest BCUT2D eigenvalue weighted by Gasteiger charge is 2.07. The molecule has 0 saturated carbocycles. The Morgan fingerprint density at radius 3 is 3.00 bits per heavy atom. The van der Waals surface area contributed by atoms with E-state index in [1.807, 2.05) is 0 Å². The van der Waals surface area contributed by atoms with Gasteiger partial charge in [-0.2, -0.15) is 0 Å². The van der Waals surface area contributed by atoms with Crippen LogP contribution in [0.5, 0.6) is 0 Å². The third-order valence-corrected chi connectivity index (χ3v) is 2.49. The number of benzene rings is 1. The summed E-state index contributed by atoms with van der Waals surface area (Å²) in [7, 11) is 0. The highest BCUT2D eigenvalue weighted by molar-refractivity contribution is 6.30. The number of amidine groups is 1. The molecule has 0 atom stereocenters. The second-order valence-corrected chi connectivity index (χ2v) is 3.91. The zero-order valence-electron chi connectivity index (χ0n) is 9.09. The van der Waals surface area contributed by atoms with Crippen LogP contribution in [0.25, 0.3) is 0 Å². The fourth-order valence-corrected chi connectivity index (χ4v) is 1.56. The molecule has 0 fully saturated rings. The van der Waals surface area contributed by atoms with E-state index in [9.17, 15) is 4.39 Å². The smallest absolute Gasteiger partial charge is 0.219 e. The molecule has 0 amide bonds. The van der Waals surface area contributed by atoms with Crippen LogP contribution < -0.4 is 5.73 Å². The summed E-state index contributed by atoms with van der Waals surface area (Å²) in [5.74, 6) is -0.534. The predicted molar refractivity (Wildman–Crippen MR) is 63.0 cm³/mol. The number of hydrogen-bond donors (Lipinski definition) is 2. The number of rotatable bonds is 3. The van der Waals surface area contributed by atoms with Crippen LogP contribution in [0.4, 0.5) is 4.39 Å². The van der Waals surface area contributed by atoms with Gasteiger partial charge in [-0.05, 0) is 17.7 Å². The standard InChI is InChI=1S/C10H9ClFN5O/c11-7-3-6(1-2-8(7)12)4-17-5-14-10(15-17)9(13)16-18/h1-3,5,18H,4H2,(H2,13,16). The summed E-state index contributed by atoms with van der Waals surface area (Å²) in [5.41, 5.74) is 6.10. The minimum absolute atomic E-state index is 0.0456. The molecule has 94 valence electrons. The second-order valence-electron chi connectivity index (χ2n) is 3.50. The quantitative estimate of drug-likeness (QED) is 0.379. The van der Waals surface area contributed by atoms with Gasteiger partial charge in [0.25, 0.3) is 0 Å². The Labute approximate surface area is 106 Å². The summed E-state index contributed by atoms with van der Waals surface area (Å²) >= 11 is 5.67. The van der Waals surface area contributed by atoms with Crippen molar-refractivity contribution in [3.8, 4) is 0 Å². The first-order valence-electron chi connectivity index (χ1n) is 4.91. The van der Waals surface area contributed by atoms with Crippen LogP contribution in [-0.4, -0.2) is 25.8 Å². The minimum atomic E-state index is -0.476. The predicted octanol–water partition coefficient (Wildman–Crippen LogP) is 1.21. The molecule has 0 radical (unpaired) electrons. The van der Waals surface area contributed by atoms with Crippen LogP contribution in [0, 0.1) is 5.82 Å². The van der Waals surface area contributed by atoms with Gasteiger partial charge in [-0.25, -0.2) is 14.1 Å². The van der Waals surface area contributed by atoms with Crippen molar-refractivity contribution in [1.29, 1.82) is 0 Å². The molecule has 3 N–H and O–H groups in total. The monoisotopic (exact) mass is 269 g/mol. The molecule has 6 nitrogen and oxygen atoms in total. The van der Waals surface area contributed by atoms with Gasteiger partial charge in [-0.15, -0.1) is 5.10 Å². The third-order valence-electron chi connectivity index (χ3n) is 2.20. The average Bonchev–Trinajstić information content (AvgIpc) is 2.81. The fourth-order valence-electron chi connectivity index (χ4n) is 1.36. The summed E-state index contributed by atoms with van der Waals surface area (Å²) in [6.07, 6.45) is 1.42. The lowest BCUT2D eigenvalue weighted by Gasteiger charge is -2.02. The molecular weight excluding hydrogens is 261 g/mol. The normalized spacial score (nSPS) is 11.8. The Bertz CT molecular complexity index is 598. The Kier molecular flexibility index (Phi) is 3.42. The van der Waals surface area contributed by atoms with E-state index in [2.05, 4.69) is 15.2 Å². The lowest BCUT2D eigenvalue weighted by atomic mass is 10.2. The van der Waals surface area contributed by atoms with E-state index in [0.29, 0.717) is 6.54 Å². The Morgan fingerprint density at radius 1 is 1.56 bits per heavy atom. The molecule has 0 bridgehead atoms. The van der Waals surface area contributed by atoms with Gasteiger partial charge >= 0.3 is 0 Å². The van der Waals surface area contributed by atoms with Crippen LogP contribution in [0.2, 0.25) is 5.02 Å². The molecule has 0 saturated heterocycles. The number of aromatic nitrogens is 3. The van der Waals surface area contributed by atoms with Crippen molar-refractivity contribution in [1.82, 2.24) is 14.8 Å². The Hall–Kier alpha value is -2.15. The topological polar surface area (TPSA) is 89.3 Å². The Morgan fingerprint density at radius 2 is 2.33 bits per heavy atom. The number of hydrogen-bond acceptors (Lipinski definition) is 4. The van der Waals surface area contributed by atoms with E-state index in [4.69, 9.17) is 22.5 Å². The van der Waals surface area contributed by atoms with Crippen molar-refractivity contribution < 1.29 is 9.60 Å². The van der Waals surface area contributed by atoms with Gasteiger partial charge in [-0.1, -0.05) is 22.8 Å². The van der Waals surface area contributed by atoms with Gasteiger partial charge in [-0.3, -0.25) is 0 Å². The first-order valence-corrected chi connectivity index (χ1v) is 5.29. The largest absolute Gasteiger partial charge is 0.409 e. The summed E-state index contributed by atoms with van der Waals surface area (Å²) in [5, 5.41) is 15.3. The van der Waals surface area contributed by atoms with Crippen molar-refractivity contribution in [3.63, 3.8) is 0 Å². The van der Waals surface area contributed by atoms with Crippen LogP contribution in [0.15, 0.2) is 29.7 Å². The molecule has 18 heavy (non-hydrogen) atoms. The second kappa shape index (κ2) is 5.01. The van der Waals surface area contributed by atoms with Crippen molar-refractivity contribution in [2.45, 2.75) is 6.54 Å². The van der Waals surface area contributed by atoms with Crippen molar-refractivity contribution in [3.05, 3.63) is 46.8 Å². The lowest BCUT2D eigenvalue weighted by Crippen LogP contribution is -2.15. The molecule has 0 unspecified atom stereocenters. The number of nitrogens with two attached hydrogens (primary N) is 1. The van der Waals surface area contributed by atoms with Gasteiger partial charge < -0.3 is 10.9 Å².